The van der Waals surface area contributed by atoms with Crippen molar-refractivity contribution in [2.75, 3.05) is 0 Å². The summed E-state index contributed by atoms with van der Waals surface area (Å²) in [6, 6.07) is 0. The Morgan fingerprint density at radius 3 is 1.57 bits per heavy atom. The maximum atomic E-state index is 4.28. The van der Waals surface area contributed by atoms with Crippen LogP contribution in [0, 0.1) is 0 Å². The van der Waals surface area contributed by atoms with Crippen molar-refractivity contribution in [3.63, 3.8) is 0 Å². The zero-order valence-corrected chi connectivity index (χ0v) is 13.1. The molecule has 0 atom stereocenters. The number of hydrogen-bond acceptors (Lipinski definition) is 0. The minimum atomic E-state index is -2.01. The van der Waals surface area contributed by atoms with Gasteiger partial charge in [0.25, 0.3) is 0 Å². The van der Waals surface area contributed by atoms with Crippen molar-refractivity contribution in [2.24, 2.45) is 0 Å². The number of allylic oxidation sites excluding steroid dienone is 2. The van der Waals surface area contributed by atoms with Crippen molar-refractivity contribution >= 4 is 18.4 Å². The van der Waals surface area contributed by atoms with Gasteiger partial charge < -0.3 is 0 Å². The normalized spacial score (nSPS) is 11.4. The average Bonchev–Trinajstić information content (AvgIpc) is 2.17. The Morgan fingerprint density at radius 1 is 1.00 bits per heavy atom. The third-order valence-electron chi connectivity index (χ3n) is 3.11. The van der Waals surface area contributed by atoms with Gasteiger partial charge in [-0.2, -0.15) is 0 Å². The summed E-state index contributed by atoms with van der Waals surface area (Å²) in [7, 11) is 0. The third-order valence-corrected chi connectivity index (χ3v) is 20.1. The summed E-state index contributed by atoms with van der Waals surface area (Å²) in [5.74, 6) is 0. The van der Waals surface area contributed by atoms with Crippen molar-refractivity contribution < 1.29 is 0 Å². The fraction of sp³-hybridized carbons (Fsp3) is 0.692. The van der Waals surface area contributed by atoms with E-state index >= 15 is 0 Å². The molecule has 0 N–H and O–H groups in total. The first-order valence-electron chi connectivity index (χ1n) is 5.98. The van der Waals surface area contributed by atoms with Crippen molar-refractivity contribution in [3.05, 3.63) is 22.8 Å². The van der Waals surface area contributed by atoms with Gasteiger partial charge in [-0.1, -0.05) is 0 Å². The van der Waals surface area contributed by atoms with Gasteiger partial charge in [-0.3, -0.25) is 0 Å². The fourth-order valence-electron chi connectivity index (χ4n) is 2.51. The van der Waals surface area contributed by atoms with Gasteiger partial charge in [0.15, 0.2) is 0 Å². The van der Waals surface area contributed by atoms with Crippen LogP contribution in [-0.4, -0.2) is 18.4 Å². The van der Waals surface area contributed by atoms with E-state index in [0.29, 0.717) is 0 Å². The van der Waals surface area contributed by atoms with Crippen molar-refractivity contribution in [2.45, 2.75) is 53.3 Å². The molecule has 0 amide bonds. The van der Waals surface area contributed by atoms with Gasteiger partial charge in [-0.15, -0.1) is 0 Å². The Kier molecular flexibility index (Phi) is 7.71. The molecule has 0 heterocycles. The molecular formula is C13H26Sn. The van der Waals surface area contributed by atoms with Crippen LogP contribution in [0.5, 0.6) is 0 Å². The predicted molar refractivity (Wildman–Crippen MR) is 70.4 cm³/mol. The summed E-state index contributed by atoms with van der Waals surface area (Å²) in [6.07, 6.45) is 6.06. The fourth-order valence-corrected chi connectivity index (χ4v) is 16.8. The van der Waals surface area contributed by atoms with Crippen LogP contribution in [0.15, 0.2) is 22.8 Å². The summed E-state index contributed by atoms with van der Waals surface area (Å²) in [5, 5.41) is 0. The average molecular weight is 301 g/mol. The zero-order chi connectivity index (χ0) is 11.0. The molecule has 0 rings (SSSR count). The maximum absolute atomic E-state index is 4.28. The quantitative estimate of drug-likeness (QED) is 0.440. The van der Waals surface area contributed by atoms with Gasteiger partial charge >= 0.3 is 94.5 Å². The van der Waals surface area contributed by atoms with Crippen molar-refractivity contribution in [3.8, 4) is 0 Å². The first-order chi connectivity index (χ1) is 6.66. The van der Waals surface area contributed by atoms with Crippen LogP contribution in [-0.2, 0) is 0 Å². The molecule has 1 heteroatoms. The molecule has 0 bridgehead atoms. The number of rotatable bonds is 8. The van der Waals surface area contributed by atoms with E-state index < -0.39 is 18.4 Å². The van der Waals surface area contributed by atoms with Crippen molar-refractivity contribution in [1.82, 2.24) is 0 Å². The standard InChI is InChI=1S/C4H5.3C3H7.Sn/c1-3-4-2;3*1-3-2;/h3H,1-2H2;3*1,3H2,2H3;. The molecule has 0 spiro atoms. The molecule has 0 aliphatic rings. The van der Waals surface area contributed by atoms with E-state index in [0.717, 1.165) is 0 Å². The van der Waals surface area contributed by atoms with Crippen LogP contribution in [0.3, 0.4) is 0 Å². The van der Waals surface area contributed by atoms with Crippen LogP contribution in [0.25, 0.3) is 0 Å². The van der Waals surface area contributed by atoms with E-state index in [-0.39, 0.29) is 0 Å². The molecule has 0 aliphatic carbocycles. The molecular weight excluding hydrogens is 275 g/mol. The van der Waals surface area contributed by atoms with Crippen LogP contribution < -0.4 is 0 Å². The Hall–Kier alpha value is 0.279. The minimum absolute atomic E-state index is 1.34. The predicted octanol–water partition coefficient (Wildman–Crippen LogP) is 4.95. The molecule has 0 saturated carbocycles. The first-order valence-corrected chi connectivity index (χ1v) is 13.5. The van der Waals surface area contributed by atoms with E-state index in [1.54, 1.807) is 0 Å². The second kappa shape index (κ2) is 7.55. The Labute approximate surface area is 94.4 Å². The van der Waals surface area contributed by atoms with E-state index in [1.165, 1.54) is 36.2 Å². The van der Waals surface area contributed by atoms with Gasteiger partial charge in [-0.25, -0.2) is 0 Å². The van der Waals surface area contributed by atoms with Gasteiger partial charge in [0.1, 0.15) is 0 Å². The summed E-state index contributed by atoms with van der Waals surface area (Å²) in [5.41, 5.74) is 0. The summed E-state index contributed by atoms with van der Waals surface area (Å²) >= 11 is -2.01. The topological polar surface area (TPSA) is 0 Å². The second-order valence-electron chi connectivity index (χ2n) is 4.26. The van der Waals surface area contributed by atoms with Gasteiger partial charge in [-0.05, 0) is 0 Å². The molecule has 0 nitrogen and oxygen atoms in total. The molecule has 0 radical (unpaired) electrons. The van der Waals surface area contributed by atoms with Crippen LogP contribution in [0.1, 0.15) is 40.0 Å². The molecule has 14 heavy (non-hydrogen) atoms. The van der Waals surface area contributed by atoms with Crippen LogP contribution in [0.4, 0.5) is 0 Å². The Bertz CT molecular complexity index is 165. The summed E-state index contributed by atoms with van der Waals surface area (Å²) < 4.78 is 5.88. The van der Waals surface area contributed by atoms with E-state index in [9.17, 15) is 0 Å². The van der Waals surface area contributed by atoms with E-state index in [4.69, 9.17) is 0 Å². The molecule has 0 unspecified atom stereocenters. The molecule has 0 aliphatic heterocycles. The van der Waals surface area contributed by atoms with Crippen LogP contribution >= 0.6 is 0 Å². The van der Waals surface area contributed by atoms with E-state index in [2.05, 4.69) is 40.0 Å². The molecule has 0 saturated heterocycles. The summed E-state index contributed by atoms with van der Waals surface area (Å²) in [4.78, 5) is 0. The molecule has 82 valence electrons. The SMILES string of the molecule is C=C[C](=C)[Sn]([CH2]CC)([CH2]CC)[CH2]CC. The molecule has 0 fully saturated rings. The Balaban J connectivity index is 4.71. The molecule has 0 aromatic heterocycles. The van der Waals surface area contributed by atoms with Gasteiger partial charge in [0, 0.05) is 0 Å². The monoisotopic (exact) mass is 302 g/mol. The first kappa shape index (κ1) is 14.3. The molecule has 0 aromatic carbocycles. The zero-order valence-electron chi connectivity index (χ0n) is 10.2. The Morgan fingerprint density at radius 2 is 1.36 bits per heavy atom. The van der Waals surface area contributed by atoms with Gasteiger partial charge in [0.2, 0.25) is 0 Å². The van der Waals surface area contributed by atoms with Gasteiger partial charge in [0.05, 0.1) is 0 Å². The van der Waals surface area contributed by atoms with Crippen molar-refractivity contribution in [1.29, 1.82) is 0 Å². The molecule has 0 aromatic rings. The second-order valence-corrected chi connectivity index (χ2v) is 17.7. The van der Waals surface area contributed by atoms with E-state index in [1.807, 2.05) is 0 Å². The summed E-state index contributed by atoms with van der Waals surface area (Å²) in [6.45, 7) is 15.1. The van der Waals surface area contributed by atoms with Crippen LogP contribution in [0.2, 0.25) is 13.3 Å². The number of hydrogen-bond donors (Lipinski definition) is 0. The third kappa shape index (κ3) is 3.80.